The number of halogens is 1. The first-order valence-electron chi connectivity index (χ1n) is 10.6. The van der Waals surface area contributed by atoms with Crippen LogP contribution in [0.3, 0.4) is 0 Å². The summed E-state index contributed by atoms with van der Waals surface area (Å²) < 4.78 is 8.29. The predicted octanol–water partition coefficient (Wildman–Crippen LogP) is 4.96. The molecule has 2 aromatic carbocycles. The lowest BCUT2D eigenvalue weighted by Crippen LogP contribution is -2.50. The lowest BCUT2D eigenvalue weighted by Gasteiger charge is -2.38. The summed E-state index contributed by atoms with van der Waals surface area (Å²) in [6.45, 7) is 6.71. The van der Waals surface area contributed by atoms with Crippen LogP contribution in [0.5, 0.6) is 0 Å². The summed E-state index contributed by atoms with van der Waals surface area (Å²) in [5, 5.41) is 0. The van der Waals surface area contributed by atoms with Gasteiger partial charge in [-0.05, 0) is 49.1 Å². The predicted molar refractivity (Wildman–Crippen MR) is 124 cm³/mol. The number of ether oxygens (including phenoxy) is 1. The van der Waals surface area contributed by atoms with Gasteiger partial charge in [-0.25, -0.2) is 4.98 Å². The van der Waals surface area contributed by atoms with Crippen LogP contribution in [0.15, 0.2) is 53.0 Å². The highest BCUT2D eigenvalue weighted by atomic mass is 79.9. The van der Waals surface area contributed by atoms with Crippen LogP contribution >= 0.6 is 15.9 Å². The second kappa shape index (κ2) is 8.83. The van der Waals surface area contributed by atoms with Gasteiger partial charge < -0.3 is 9.30 Å². The first kappa shape index (κ1) is 21.6. The summed E-state index contributed by atoms with van der Waals surface area (Å²) in [6.07, 6.45) is 0.812. The number of imidazole rings is 1. The molecule has 162 valence electrons. The Hall–Kier alpha value is -2.67. The SMILES string of the molecule is CCOC(=O)[C@H]1C(=O)N(CCC(C)C)c2nc3ccccc3n2[C@@H]1c1cccc(Br)c1. The number of para-hydroxylation sites is 2. The highest BCUT2D eigenvalue weighted by molar-refractivity contribution is 9.10. The summed E-state index contributed by atoms with van der Waals surface area (Å²) in [5.74, 6) is -0.749. The number of benzene rings is 2. The average molecular weight is 484 g/mol. The van der Waals surface area contributed by atoms with Crippen molar-refractivity contribution >= 4 is 44.8 Å². The van der Waals surface area contributed by atoms with Crippen LogP contribution in [0.2, 0.25) is 0 Å². The summed E-state index contributed by atoms with van der Waals surface area (Å²) in [4.78, 5) is 33.3. The molecule has 0 aliphatic carbocycles. The maximum absolute atomic E-state index is 13.7. The van der Waals surface area contributed by atoms with Crippen molar-refractivity contribution in [3.63, 3.8) is 0 Å². The van der Waals surface area contributed by atoms with E-state index in [-0.39, 0.29) is 12.5 Å². The van der Waals surface area contributed by atoms with Gasteiger partial charge in [-0.1, -0.05) is 54.0 Å². The standard InChI is InChI=1S/C24H26BrN3O3/c1-4-31-23(30)20-21(16-8-7-9-17(25)14-16)28-19-11-6-5-10-18(19)26-24(28)27(22(20)29)13-12-15(2)3/h5-11,14-15,20-21H,4,12-13H2,1-3H3/t20-,21-/m1/s1. The van der Waals surface area contributed by atoms with Crippen molar-refractivity contribution in [2.24, 2.45) is 11.8 Å². The van der Waals surface area contributed by atoms with E-state index in [1.54, 1.807) is 11.8 Å². The normalized spacial score (nSPS) is 18.5. The van der Waals surface area contributed by atoms with E-state index < -0.39 is 17.9 Å². The van der Waals surface area contributed by atoms with Crippen molar-refractivity contribution < 1.29 is 14.3 Å². The van der Waals surface area contributed by atoms with E-state index in [1.165, 1.54) is 0 Å². The number of amides is 1. The van der Waals surface area contributed by atoms with Crippen LogP contribution in [0.1, 0.15) is 38.8 Å². The number of hydrogen-bond donors (Lipinski definition) is 0. The Morgan fingerprint density at radius 3 is 2.68 bits per heavy atom. The number of esters is 1. The third-order valence-electron chi connectivity index (χ3n) is 5.61. The quantitative estimate of drug-likeness (QED) is 0.367. The first-order chi connectivity index (χ1) is 14.9. The molecule has 3 aromatic rings. The van der Waals surface area contributed by atoms with E-state index in [4.69, 9.17) is 9.72 Å². The summed E-state index contributed by atoms with van der Waals surface area (Å²) in [6, 6.07) is 15.0. The van der Waals surface area contributed by atoms with Gasteiger partial charge in [-0.3, -0.25) is 14.5 Å². The van der Waals surface area contributed by atoms with Crippen molar-refractivity contribution in [2.45, 2.75) is 33.2 Å². The Balaban J connectivity index is 1.97. The van der Waals surface area contributed by atoms with Crippen molar-refractivity contribution in [3.8, 4) is 0 Å². The molecule has 2 heterocycles. The molecule has 6 nitrogen and oxygen atoms in total. The highest BCUT2D eigenvalue weighted by Crippen LogP contribution is 2.41. The molecule has 0 N–H and O–H groups in total. The summed E-state index contributed by atoms with van der Waals surface area (Å²) in [7, 11) is 0. The molecule has 1 aliphatic heterocycles. The molecule has 0 saturated carbocycles. The summed E-state index contributed by atoms with van der Waals surface area (Å²) in [5.41, 5.74) is 2.54. The third-order valence-corrected chi connectivity index (χ3v) is 6.10. The molecule has 1 aromatic heterocycles. The molecule has 1 amide bonds. The van der Waals surface area contributed by atoms with E-state index >= 15 is 0 Å². The zero-order chi connectivity index (χ0) is 22.1. The molecule has 0 fully saturated rings. The minimum atomic E-state index is -0.980. The zero-order valence-electron chi connectivity index (χ0n) is 17.9. The maximum Gasteiger partial charge on any atom is 0.321 e. The van der Waals surface area contributed by atoms with Gasteiger partial charge in [0.05, 0.1) is 23.7 Å². The van der Waals surface area contributed by atoms with Gasteiger partial charge >= 0.3 is 5.97 Å². The monoisotopic (exact) mass is 483 g/mol. The van der Waals surface area contributed by atoms with E-state index in [0.29, 0.717) is 18.4 Å². The third kappa shape index (κ3) is 3.99. The molecule has 1 aliphatic rings. The van der Waals surface area contributed by atoms with Crippen molar-refractivity contribution in [3.05, 3.63) is 58.6 Å². The van der Waals surface area contributed by atoms with Gasteiger partial charge in [0.15, 0.2) is 5.92 Å². The minimum Gasteiger partial charge on any atom is -0.465 e. The van der Waals surface area contributed by atoms with Gasteiger partial charge in [-0.2, -0.15) is 0 Å². The van der Waals surface area contributed by atoms with Crippen LogP contribution < -0.4 is 4.90 Å². The molecule has 0 radical (unpaired) electrons. The first-order valence-corrected chi connectivity index (χ1v) is 11.4. The fraction of sp³-hybridized carbons (Fsp3) is 0.375. The molecule has 0 unspecified atom stereocenters. The molecule has 4 rings (SSSR count). The Kier molecular flexibility index (Phi) is 6.14. The number of hydrogen-bond acceptors (Lipinski definition) is 4. The number of anilines is 1. The molecule has 2 atom stereocenters. The molecular formula is C24H26BrN3O3. The number of nitrogens with zero attached hydrogens (tertiary/aromatic N) is 3. The van der Waals surface area contributed by atoms with E-state index in [9.17, 15) is 9.59 Å². The fourth-order valence-corrected chi connectivity index (χ4v) is 4.56. The molecule has 0 spiro atoms. The van der Waals surface area contributed by atoms with Crippen LogP contribution in [-0.2, 0) is 14.3 Å². The van der Waals surface area contributed by atoms with Gasteiger partial charge in [0.1, 0.15) is 0 Å². The van der Waals surface area contributed by atoms with Gasteiger partial charge in [0.25, 0.3) is 0 Å². The fourth-order valence-electron chi connectivity index (χ4n) is 4.14. The highest BCUT2D eigenvalue weighted by Gasteiger charge is 2.47. The molecule has 0 saturated heterocycles. The molecule has 31 heavy (non-hydrogen) atoms. The maximum atomic E-state index is 13.7. The lowest BCUT2D eigenvalue weighted by molar-refractivity contribution is -0.153. The van der Waals surface area contributed by atoms with Crippen molar-refractivity contribution in [1.82, 2.24) is 9.55 Å². The van der Waals surface area contributed by atoms with E-state index in [2.05, 4.69) is 29.8 Å². The number of carbonyl (C=O) groups excluding carboxylic acids is 2. The molecule has 0 bridgehead atoms. The molecular weight excluding hydrogens is 458 g/mol. The summed E-state index contributed by atoms with van der Waals surface area (Å²) >= 11 is 3.53. The largest absolute Gasteiger partial charge is 0.465 e. The topological polar surface area (TPSA) is 64.4 Å². The van der Waals surface area contributed by atoms with Crippen LogP contribution in [0.4, 0.5) is 5.95 Å². The zero-order valence-corrected chi connectivity index (χ0v) is 19.5. The van der Waals surface area contributed by atoms with Crippen LogP contribution in [0, 0.1) is 11.8 Å². The van der Waals surface area contributed by atoms with E-state index in [0.717, 1.165) is 27.5 Å². The smallest absolute Gasteiger partial charge is 0.321 e. The second-order valence-electron chi connectivity index (χ2n) is 8.17. The Morgan fingerprint density at radius 1 is 1.19 bits per heavy atom. The Bertz CT molecular complexity index is 1120. The minimum absolute atomic E-state index is 0.220. The van der Waals surface area contributed by atoms with Gasteiger partial charge in [0, 0.05) is 11.0 Å². The molecule has 7 heteroatoms. The lowest BCUT2D eigenvalue weighted by atomic mass is 9.89. The van der Waals surface area contributed by atoms with Crippen molar-refractivity contribution in [2.75, 3.05) is 18.1 Å². The number of carbonyl (C=O) groups is 2. The number of aromatic nitrogens is 2. The second-order valence-corrected chi connectivity index (χ2v) is 9.09. The Morgan fingerprint density at radius 2 is 1.97 bits per heavy atom. The van der Waals surface area contributed by atoms with Crippen LogP contribution in [0.25, 0.3) is 11.0 Å². The van der Waals surface area contributed by atoms with E-state index in [1.807, 2.05) is 53.1 Å². The van der Waals surface area contributed by atoms with Crippen LogP contribution in [-0.4, -0.2) is 34.6 Å². The average Bonchev–Trinajstić information content (AvgIpc) is 3.11. The van der Waals surface area contributed by atoms with Crippen molar-refractivity contribution in [1.29, 1.82) is 0 Å². The Labute approximate surface area is 190 Å². The number of fused-ring (bicyclic) bond motifs is 3. The van der Waals surface area contributed by atoms with Gasteiger partial charge in [-0.15, -0.1) is 0 Å². The van der Waals surface area contributed by atoms with Gasteiger partial charge in [0.2, 0.25) is 11.9 Å². The number of rotatable bonds is 6.